The van der Waals surface area contributed by atoms with E-state index < -0.39 is 10.9 Å². The topological polar surface area (TPSA) is 43.4 Å². The zero-order chi connectivity index (χ0) is 10.0. The maximum atomic E-state index is 10.8. The lowest BCUT2D eigenvalue weighted by Crippen LogP contribution is -2.33. The zero-order valence-electron chi connectivity index (χ0n) is 7.22. The number of ether oxygens (including phenoxy) is 1. The molecule has 0 bridgehead atoms. The molecule has 4 heteroatoms. The quantitative estimate of drug-likeness (QED) is 0.543. The Hall–Kier alpha value is -1.09. The third-order valence-electron chi connectivity index (χ3n) is 1.59. The van der Waals surface area contributed by atoms with Crippen molar-refractivity contribution in [2.75, 3.05) is 6.61 Å². The number of rotatable bonds is 4. The van der Waals surface area contributed by atoms with Crippen molar-refractivity contribution in [2.24, 2.45) is 0 Å². The highest BCUT2D eigenvalue weighted by molar-refractivity contribution is 6.32. The molecule has 0 amide bonds. The van der Waals surface area contributed by atoms with Gasteiger partial charge in [-0.25, -0.2) is 0 Å². The summed E-state index contributed by atoms with van der Waals surface area (Å²) in [6.45, 7) is 5.86. The molecular formula is C9H9ClO3. The van der Waals surface area contributed by atoms with E-state index in [1.165, 1.54) is 0 Å². The van der Waals surface area contributed by atoms with Crippen molar-refractivity contribution < 1.29 is 4.74 Å². The Labute approximate surface area is 80.3 Å². The first-order valence-electron chi connectivity index (χ1n) is 3.80. The Kier molecular flexibility index (Phi) is 2.88. The van der Waals surface area contributed by atoms with Gasteiger partial charge >= 0.3 is 0 Å². The van der Waals surface area contributed by atoms with Gasteiger partial charge in [0.25, 0.3) is 10.9 Å². The Bertz CT molecular complexity index is 399. The van der Waals surface area contributed by atoms with Crippen LogP contribution in [-0.2, 0) is 0 Å². The summed E-state index contributed by atoms with van der Waals surface area (Å²) >= 11 is 5.44. The maximum absolute atomic E-state index is 10.8. The zero-order valence-corrected chi connectivity index (χ0v) is 7.98. The Morgan fingerprint density at radius 1 is 1.46 bits per heavy atom. The Morgan fingerprint density at radius 2 is 2.08 bits per heavy atom. The molecule has 0 radical (unpaired) electrons. The molecule has 13 heavy (non-hydrogen) atoms. The van der Waals surface area contributed by atoms with E-state index >= 15 is 0 Å². The minimum atomic E-state index is -0.660. The molecule has 0 fully saturated rings. The van der Waals surface area contributed by atoms with E-state index in [2.05, 4.69) is 6.58 Å². The summed E-state index contributed by atoms with van der Waals surface area (Å²) in [5.41, 5.74) is -0.339. The smallest absolute Gasteiger partial charge is 0.270 e. The van der Waals surface area contributed by atoms with Crippen molar-refractivity contribution >= 4 is 11.6 Å². The van der Waals surface area contributed by atoms with Crippen molar-refractivity contribution in [2.45, 2.75) is 13.3 Å². The molecule has 3 nitrogen and oxygen atoms in total. The predicted octanol–water partition coefficient (Wildman–Crippen LogP) is 1.28. The Morgan fingerprint density at radius 3 is 2.54 bits per heavy atom. The first kappa shape index (κ1) is 9.99. The van der Waals surface area contributed by atoms with Crippen molar-refractivity contribution in [3.8, 4) is 5.75 Å². The van der Waals surface area contributed by atoms with Crippen LogP contribution in [0.3, 0.4) is 0 Å². The molecule has 0 spiro atoms. The van der Waals surface area contributed by atoms with Gasteiger partial charge < -0.3 is 4.74 Å². The largest absolute Gasteiger partial charge is 0.487 e. The van der Waals surface area contributed by atoms with Crippen LogP contribution < -0.4 is 15.6 Å². The van der Waals surface area contributed by atoms with Crippen LogP contribution in [0.4, 0.5) is 0 Å². The van der Waals surface area contributed by atoms with Crippen LogP contribution in [0.2, 0.25) is 5.02 Å². The molecule has 0 atom stereocenters. The molecule has 0 aliphatic carbocycles. The van der Waals surface area contributed by atoms with E-state index in [1.54, 1.807) is 0 Å². The van der Waals surface area contributed by atoms with Crippen molar-refractivity contribution in [3.63, 3.8) is 0 Å². The number of hydrogen-bond acceptors (Lipinski definition) is 3. The molecule has 70 valence electrons. The minimum absolute atomic E-state index is 0.00656. The van der Waals surface area contributed by atoms with E-state index in [0.717, 1.165) is 5.57 Å². The van der Waals surface area contributed by atoms with Gasteiger partial charge in [-0.2, -0.15) is 0 Å². The van der Waals surface area contributed by atoms with Crippen molar-refractivity contribution in [1.29, 1.82) is 0 Å². The summed E-state index contributed by atoms with van der Waals surface area (Å²) < 4.78 is 5.00. The van der Waals surface area contributed by atoms with E-state index in [-0.39, 0.29) is 10.8 Å². The fraction of sp³-hybridized carbons (Fsp3) is 0.333. The van der Waals surface area contributed by atoms with Gasteiger partial charge in [0, 0.05) is 6.42 Å². The van der Waals surface area contributed by atoms with E-state index in [4.69, 9.17) is 16.3 Å². The van der Waals surface area contributed by atoms with Crippen LogP contribution in [0.5, 0.6) is 5.75 Å². The summed E-state index contributed by atoms with van der Waals surface area (Å²) in [6.07, 6.45) is 0.648. The van der Waals surface area contributed by atoms with Gasteiger partial charge in [-0.05, 0) is 6.92 Å². The molecule has 1 rings (SSSR count). The molecule has 0 N–H and O–H groups in total. The fourth-order valence-electron chi connectivity index (χ4n) is 0.799. The van der Waals surface area contributed by atoms with Gasteiger partial charge in [-0.15, -0.1) is 6.58 Å². The van der Waals surface area contributed by atoms with Gasteiger partial charge in [0.2, 0.25) is 0 Å². The van der Waals surface area contributed by atoms with Crippen LogP contribution in [0.1, 0.15) is 13.3 Å². The second-order valence-corrected chi connectivity index (χ2v) is 3.23. The second kappa shape index (κ2) is 3.75. The van der Waals surface area contributed by atoms with Crippen LogP contribution >= 0.6 is 11.6 Å². The second-order valence-electron chi connectivity index (χ2n) is 2.86. The summed E-state index contributed by atoms with van der Waals surface area (Å²) in [5.74, 6) is -0.00656. The van der Waals surface area contributed by atoms with Gasteiger partial charge in [-0.3, -0.25) is 9.59 Å². The molecule has 0 aliphatic rings. The average molecular weight is 201 g/mol. The predicted molar refractivity (Wildman–Crippen MR) is 51.3 cm³/mol. The SMILES string of the molecule is C=C(C)CCOc1c(Cl)c(=O)c1=O. The molecule has 0 heterocycles. The highest BCUT2D eigenvalue weighted by Gasteiger charge is 2.19. The lowest BCUT2D eigenvalue weighted by atomic mass is 10.2. The van der Waals surface area contributed by atoms with Gasteiger partial charge in [0.15, 0.2) is 5.75 Å². The van der Waals surface area contributed by atoms with Crippen LogP contribution in [-0.4, -0.2) is 6.61 Å². The summed E-state index contributed by atoms with van der Waals surface area (Å²) in [6, 6.07) is 0. The van der Waals surface area contributed by atoms with Gasteiger partial charge in [0.1, 0.15) is 5.02 Å². The maximum Gasteiger partial charge on any atom is 0.270 e. The first-order chi connectivity index (χ1) is 6.04. The molecule has 0 aromatic heterocycles. The van der Waals surface area contributed by atoms with Crippen LogP contribution in [0.15, 0.2) is 21.7 Å². The molecule has 0 saturated carbocycles. The highest BCUT2D eigenvalue weighted by Crippen LogP contribution is 2.17. The van der Waals surface area contributed by atoms with Gasteiger partial charge in [0.05, 0.1) is 6.61 Å². The Balaban J connectivity index is 2.53. The van der Waals surface area contributed by atoms with Crippen molar-refractivity contribution in [1.82, 2.24) is 0 Å². The molecule has 1 aromatic rings. The average Bonchev–Trinajstić information content (AvgIpc) is 2.10. The van der Waals surface area contributed by atoms with Crippen LogP contribution in [0.25, 0.3) is 0 Å². The van der Waals surface area contributed by atoms with E-state index in [0.29, 0.717) is 13.0 Å². The van der Waals surface area contributed by atoms with Crippen LogP contribution in [0, 0.1) is 0 Å². The summed E-state index contributed by atoms with van der Waals surface area (Å²) in [4.78, 5) is 21.4. The molecule has 1 aromatic carbocycles. The van der Waals surface area contributed by atoms with E-state index in [9.17, 15) is 9.59 Å². The van der Waals surface area contributed by atoms with E-state index in [1.807, 2.05) is 6.92 Å². The number of hydrogen-bond donors (Lipinski definition) is 0. The highest BCUT2D eigenvalue weighted by atomic mass is 35.5. The molecule has 0 aliphatic heterocycles. The lowest BCUT2D eigenvalue weighted by molar-refractivity contribution is 0.315. The van der Waals surface area contributed by atoms with Gasteiger partial charge in [-0.1, -0.05) is 17.2 Å². The normalized spacial score (nSPS) is 10.3. The molecular weight excluding hydrogens is 192 g/mol. The van der Waals surface area contributed by atoms with Crippen molar-refractivity contribution in [3.05, 3.63) is 37.6 Å². The molecule has 0 saturated heterocycles. The summed E-state index contributed by atoms with van der Waals surface area (Å²) in [7, 11) is 0. The summed E-state index contributed by atoms with van der Waals surface area (Å²) in [5, 5.41) is -0.0910. The molecule has 0 unspecified atom stereocenters. The minimum Gasteiger partial charge on any atom is -0.487 e. The monoisotopic (exact) mass is 200 g/mol. The third kappa shape index (κ3) is 1.98. The standard InChI is InChI=1S/C9H9ClO3/c1-5(2)3-4-13-9-6(10)7(11)8(9)12/h1,3-4H2,2H3. The fourth-order valence-corrected chi connectivity index (χ4v) is 1.03. The number of halogens is 1. The lowest BCUT2D eigenvalue weighted by Gasteiger charge is -2.07. The third-order valence-corrected chi connectivity index (χ3v) is 1.93. The first-order valence-corrected chi connectivity index (χ1v) is 4.18.